The highest BCUT2D eigenvalue weighted by atomic mass is 32.1. The van der Waals surface area contributed by atoms with E-state index >= 15 is 0 Å². The summed E-state index contributed by atoms with van der Waals surface area (Å²) in [5, 5.41) is 5.19. The minimum atomic E-state index is -0.0339. The lowest BCUT2D eigenvalue weighted by atomic mass is 10.1. The number of benzene rings is 2. The third-order valence-corrected chi connectivity index (χ3v) is 6.96. The summed E-state index contributed by atoms with van der Waals surface area (Å²) in [6.07, 6.45) is 1.00. The smallest absolute Gasteiger partial charge is 0.176 e. The largest absolute Gasteiger partial charge is 0.493 e. The van der Waals surface area contributed by atoms with Gasteiger partial charge in [0.05, 0.1) is 26.4 Å². The van der Waals surface area contributed by atoms with E-state index in [1.165, 1.54) is 11.1 Å². The van der Waals surface area contributed by atoms with Gasteiger partial charge in [0.2, 0.25) is 0 Å². The molecule has 1 N–H and O–H groups in total. The molecule has 0 bridgehead atoms. The van der Waals surface area contributed by atoms with Crippen LogP contribution in [-0.2, 0) is 4.74 Å². The Kier molecular flexibility index (Phi) is 8.08. The molecule has 34 heavy (non-hydrogen) atoms. The van der Waals surface area contributed by atoms with Crippen molar-refractivity contribution in [3.63, 3.8) is 0 Å². The molecule has 0 aliphatic carbocycles. The number of ether oxygens (including phenoxy) is 2. The number of methoxy groups -OCH3 is 1. The number of aryl methyl sites for hydroxylation is 2. The predicted molar refractivity (Wildman–Crippen MR) is 142 cm³/mol. The molecule has 1 atom stereocenters. The van der Waals surface area contributed by atoms with E-state index in [1.54, 1.807) is 7.11 Å². The van der Waals surface area contributed by atoms with Gasteiger partial charge in [0.25, 0.3) is 0 Å². The quantitative estimate of drug-likeness (QED) is 0.424. The van der Waals surface area contributed by atoms with Crippen molar-refractivity contribution in [2.75, 3.05) is 51.8 Å². The van der Waals surface area contributed by atoms with Gasteiger partial charge in [-0.25, -0.2) is 0 Å². The molecule has 0 spiro atoms. The van der Waals surface area contributed by atoms with Crippen LogP contribution in [0.3, 0.4) is 0 Å². The first-order valence-electron chi connectivity index (χ1n) is 12.0. The number of morpholine rings is 1. The molecule has 0 saturated carbocycles. The number of fused-ring (bicyclic) bond motifs is 1. The Hall–Kier alpha value is -2.61. The van der Waals surface area contributed by atoms with Gasteiger partial charge in [-0.05, 0) is 74.8 Å². The fraction of sp³-hybridized carbons (Fsp3) is 0.444. The molecule has 2 aromatic carbocycles. The van der Waals surface area contributed by atoms with Crippen molar-refractivity contribution in [3.8, 4) is 5.75 Å². The number of furan rings is 1. The molecule has 0 unspecified atom stereocenters. The molecule has 1 fully saturated rings. The van der Waals surface area contributed by atoms with E-state index in [0.717, 1.165) is 74.0 Å². The van der Waals surface area contributed by atoms with Crippen LogP contribution in [0.5, 0.6) is 5.75 Å². The third-order valence-electron chi connectivity index (χ3n) is 6.62. The van der Waals surface area contributed by atoms with Gasteiger partial charge in [-0.15, -0.1) is 0 Å². The zero-order valence-corrected chi connectivity index (χ0v) is 21.4. The third kappa shape index (κ3) is 5.71. The van der Waals surface area contributed by atoms with Crippen molar-refractivity contribution in [3.05, 3.63) is 59.4 Å². The minimum absolute atomic E-state index is 0.0339. The van der Waals surface area contributed by atoms with Crippen molar-refractivity contribution in [2.45, 2.75) is 33.2 Å². The first-order valence-corrected chi connectivity index (χ1v) is 12.4. The average molecular weight is 482 g/mol. The zero-order chi connectivity index (χ0) is 24.1. The second kappa shape index (κ2) is 11.2. The van der Waals surface area contributed by atoms with E-state index in [2.05, 4.69) is 60.2 Å². The minimum Gasteiger partial charge on any atom is -0.493 e. The molecule has 0 amide bonds. The molecular formula is C27H35N3O3S. The Morgan fingerprint density at radius 2 is 1.94 bits per heavy atom. The maximum Gasteiger partial charge on any atom is 0.176 e. The summed E-state index contributed by atoms with van der Waals surface area (Å²) in [6, 6.07) is 14.4. The van der Waals surface area contributed by atoms with Crippen LogP contribution in [0, 0.1) is 13.8 Å². The lowest BCUT2D eigenvalue weighted by Crippen LogP contribution is -2.41. The van der Waals surface area contributed by atoms with Gasteiger partial charge in [0.15, 0.2) is 16.4 Å². The Morgan fingerprint density at radius 3 is 2.68 bits per heavy atom. The molecule has 1 aromatic heterocycles. The molecule has 1 saturated heterocycles. The average Bonchev–Trinajstić information content (AvgIpc) is 3.29. The fourth-order valence-electron chi connectivity index (χ4n) is 4.35. The number of nitrogens with zero attached hydrogens (tertiary/aromatic N) is 2. The van der Waals surface area contributed by atoms with Gasteiger partial charge in [-0.1, -0.05) is 18.2 Å². The second-order valence-electron chi connectivity index (χ2n) is 8.93. The van der Waals surface area contributed by atoms with E-state index in [4.69, 9.17) is 26.1 Å². The van der Waals surface area contributed by atoms with Crippen molar-refractivity contribution in [1.29, 1.82) is 0 Å². The number of nitrogens with one attached hydrogen (secondary N) is 1. The highest BCUT2D eigenvalue weighted by molar-refractivity contribution is 7.80. The number of anilines is 1. The normalized spacial score (nSPS) is 15.3. The lowest BCUT2D eigenvalue weighted by molar-refractivity contribution is 0.0365. The van der Waals surface area contributed by atoms with Crippen LogP contribution in [0.2, 0.25) is 0 Å². The summed E-state index contributed by atoms with van der Waals surface area (Å²) >= 11 is 5.92. The summed E-state index contributed by atoms with van der Waals surface area (Å²) in [6.45, 7) is 11.8. The highest BCUT2D eigenvalue weighted by Gasteiger charge is 2.23. The van der Waals surface area contributed by atoms with Gasteiger partial charge < -0.3 is 24.1 Å². The molecule has 3 aromatic rings. The maximum absolute atomic E-state index is 6.28. The highest BCUT2D eigenvalue weighted by Crippen LogP contribution is 2.33. The summed E-state index contributed by atoms with van der Waals surface area (Å²) in [5.41, 5.74) is 4.28. The summed E-state index contributed by atoms with van der Waals surface area (Å²) in [4.78, 5) is 4.69. The lowest BCUT2D eigenvalue weighted by Gasteiger charge is -2.32. The molecule has 0 radical (unpaired) electrons. The Labute approximate surface area is 207 Å². The van der Waals surface area contributed by atoms with E-state index < -0.39 is 0 Å². The first kappa shape index (κ1) is 24.5. The number of hydrogen-bond donors (Lipinski definition) is 1. The molecule has 6 nitrogen and oxygen atoms in total. The fourth-order valence-corrected chi connectivity index (χ4v) is 4.72. The molecule has 1 aliphatic rings. The monoisotopic (exact) mass is 481 g/mol. The van der Waals surface area contributed by atoms with Gasteiger partial charge in [0, 0.05) is 37.3 Å². The molecule has 4 rings (SSSR count). The Morgan fingerprint density at radius 1 is 1.15 bits per heavy atom. The van der Waals surface area contributed by atoms with Crippen molar-refractivity contribution < 1.29 is 13.9 Å². The standard InChI is InChI=1S/C27H35N3O3S/c1-19-9-10-23(17-20(19)2)28-27(34)30(12-6-11-29-13-15-32-16-14-29)21(3)25-18-22-7-5-8-24(31-4)26(22)33-25/h5,7-10,17-18,21H,6,11-16H2,1-4H3,(H,28,34)/t21-/m1/s1. The van der Waals surface area contributed by atoms with Crippen LogP contribution in [-0.4, -0.2) is 61.4 Å². The van der Waals surface area contributed by atoms with Crippen molar-refractivity contribution >= 4 is 34.0 Å². The Balaban J connectivity index is 1.53. The van der Waals surface area contributed by atoms with Crippen molar-refractivity contribution in [2.24, 2.45) is 0 Å². The van der Waals surface area contributed by atoms with Crippen LogP contribution in [0.15, 0.2) is 46.9 Å². The van der Waals surface area contributed by atoms with Crippen LogP contribution in [0.1, 0.15) is 36.3 Å². The SMILES string of the molecule is COc1cccc2cc([C@@H](C)N(CCCN3CCOCC3)C(=S)Nc3ccc(C)c(C)c3)oc12. The number of hydrogen-bond acceptors (Lipinski definition) is 5. The first-order chi connectivity index (χ1) is 16.5. The van der Waals surface area contributed by atoms with Crippen LogP contribution < -0.4 is 10.1 Å². The van der Waals surface area contributed by atoms with Crippen LogP contribution >= 0.6 is 12.2 Å². The second-order valence-corrected chi connectivity index (χ2v) is 9.32. The molecule has 7 heteroatoms. The van der Waals surface area contributed by atoms with Gasteiger partial charge in [-0.2, -0.15) is 0 Å². The number of para-hydroxylation sites is 1. The van der Waals surface area contributed by atoms with E-state index in [9.17, 15) is 0 Å². The van der Waals surface area contributed by atoms with Gasteiger partial charge >= 0.3 is 0 Å². The zero-order valence-electron chi connectivity index (χ0n) is 20.6. The Bertz CT molecular complexity index is 1120. The number of rotatable bonds is 8. The van der Waals surface area contributed by atoms with Gasteiger partial charge in [-0.3, -0.25) is 4.90 Å². The molecule has 1 aliphatic heterocycles. The molecule has 182 valence electrons. The number of thiocarbonyl (C=S) groups is 1. The summed E-state index contributed by atoms with van der Waals surface area (Å²) in [7, 11) is 1.67. The van der Waals surface area contributed by atoms with Gasteiger partial charge in [0.1, 0.15) is 5.76 Å². The van der Waals surface area contributed by atoms with Crippen LogP contribution in [0.4, 0.5) is 5.69 Å². The summed E-state index contributed by atoms with van der Waals surface area (Å²) in [5.74, 6) is 1.61. The predicted octanol–water partition coefficient (Wildman–Crippen LogP) is 5.54. The topological polar surface area (TPSA) is 50.1 Å². The maximum atomic E-state index is 6.28. The summed E-state index contributed by atoms with van der Waals surface area (Å²) < 4.78 is 17.3. The molecular weight excluding hydrogens is 446 g/mol. The van der Waals surface area contributed by atoms with Crippen molar-refractivity contribution in [1.82, 2.24) is 9.80 Å². The van der Waals surface area contributed by atoms with E-state index in [-0.39, 0.29) is 6.04 Å². The van der Waals surface area contributed by atoms with E-state index in [1.807, 2.05) is 18.2 Å². The van der Waals surface area contributed by atoms with E-state index in [0.29, 0.717) is 5.11 Å². The van der Waals surface area contributed by atoms with Crippen LogP contribution in [0.25, 0.3) is 11.0 Å². The molecule has 2 heterocycles.